The Kier molecular flexibility index (Phi) is 6.17. The van der Waals surface area contributed by atoms with E-state index in [1.54, 1.807) is 0 Å². The molecule has 0 amide bonds. The van der Waals surface area contributed by atoms with Crippen molar-refractivity contribution in [2.75, 3.05) is 5.32 Å². The summed E-state index contributed by atoms with van der Waals surface area (Å²) >= 11 is 5.54. The molecular weight excluding hydrogens is 300 g/mol. The number of nitrogens with one attached hydrogen (secondary N) is 2. The summed E-state index contributed by atoms with van der Waals surface area (Å²) in [6.45, 7) is 8.67. The summed E-state index contributed by atoms with van der Waals surface area (Å²) in [5.41, 5.74) is 4.79. The molecule has 0 bridgehead atoms. The Morgan fingerprint density at radius 1 is 1.04 bits per heavy atom. The highest BCUT2D eigenvalue weighted by molar-refractivity contribution is 7.80. The first-order chi connectivity index (χ1) is 11.0. The average Bonchev–Trinajstić information content (AvgIpc) is 2.50. The van der Waals surface area contributed by atoms with Crippen molar-refractivity contribution in [1.29, 1.82) is 0 Å². The molecule has 0 aliphatic carbocycles. The van der Waals surface area contributed by atoms with Gasteiger partial charge < -0.3 is 10.6 Å². The number of hydrogen-bond acceptors (Lipinski definition) is 1. The van der Waals surface area contributed by atoms with Crippen LogP contribution in [0, 0.1) is 19.8 Å². The Bertz CT molecular complexity index is 650. The lowest BCUT2D eigenvalue weighted by atomic mass is 9.97. The smallest absolute Gasteiger partial charge is 0.171 e. The molecule has 0 fully saturated rings. The molecule has 0 spiro atoms. The van der Waals surface area contributed by atoms with Crippen molar-refractivity contribution in [3.8, 4) is 0 Å². The molecule has 0 saturated carbocycles. The van der Waals surface area contributed by atoms with Crippen molar-refractivity contribution in [2.24, 2.45) is 5.92 Å². The summed E-state index contributed by atoms with van der Waals surface area (Å²) in [5, 5.41) is 7.48. The Balaban J connectivity index is 2.08. The fourth-order valence-electron chi connectivity index (χ4n) is 2.71. The largest absolute Gasteiger partial charge is 0.356 e. The lowest BCUT2D eigenvalue weighted by Gasteiger charge is -2.23. The van der Waals surface area contributed by atoms with Crippen LogP contribution in [0.5, 0.6) is 0 Å². The number of thiocarbonyl (C=S) groups is 1. The predicted octanol–water partition coefficient (Wildman–Crippen LogP) is 5.38. The molecule has 1 atom stereocenters. The fraction of sp³-hybridized carbons (Fsp3) is 0.350. The summed E-state index contributed by atoms with van der Waals surface area (Å²) in [5.74, 6) is 0.594. The summed E-state index contributed by atoms with van der Waals surface area (Å²) in [6, 6.07) is 17.1. The van der Waals surface area contributed by atoms with Crippen LogP contribution in [0.2, 0.25) is 0 Å². The topological polar surface area (TPSA) is 24.1 Å². The van der Waals surface area contributed by atoms with Crippen molar-refractivity contribution in [1.82, 2.24) is 5.32 Å². The molecule has 2 aromatic rings. The molecular formula is C20H26N2S. The molecule has 23 heavy (non-hydrogen) atoms. The Labute approximate surface area is 145 Å². The van der Waals surface area contributed by atoms with E-state index in [-0.39, 0.29) is 6.04 Å². The van der Waals surface area contributed by atoms with Crippen molar-refractivity contribution in [2.45, 2.75) is 40.2 Å². The second kappa shape index (κ2) is 8.11. The minimum absolute atomic E-state index is 0.224. The first-order valence-electron chi connectivity index (χ1n) is 8.15. The van der Waals surface area contributed by atoms with Gasteiger partial charge in [0, 0.05) is 5.69 Å². The van der Waals surface area contributed by atoms with Crippen molar-refractivity contribution >= 4 is 23.0 Å². The van der Waals surface area contributed by atoms with Crippen LogP contribution in [0.3, 0.4) is 0 Å². The van der Waals surface area contributed by atoms with Gasteiger partial charge in [-0.3, -0.25) is 0 Å². The molecule has 0 unspecified atom stereocenters. The molecule has 3 heteroatoms. The molecule has 2 rings (SSSR count). The molecule has 0 heterocycles. The van der Waals surface area contributed by atoms with Gasteiger partial charge >= 0.3 is 0 Å². The quantitative estimate of drug-likeness (QED) is 0.722. The highest BCUT2D eigenvalue weighted by Crippen LogP contribution is 2.22. The van der Waals surface area contributed by atoms with E-state index in [9.17, 15) is 0 Å². The third-order valence-electron chi connectivity index (χ3n) is 3.84. The lowest BCUT2D eigenvalue weighted by Crippen LogP contribution is -2.33. The lowest BCUT2D eigenvalue weighted by molar-refractivity contribution is 0.481. The Morgan fingerprint density at radius 3 is 2.35 bits per heavy atom. The summed E-state index contributed by atoms with van der Waals surface area (Å²) < 4.78 is 0. The molecule has 2 nitrogen and oxygen atoms in total. The van der Waals surface area contributed by atoms with Crippen LogP contribution in [0.25, 0.3) is 0 Å². The third-order valence-corrected chi connectivity index (χ3v) is 4.06. The highest BCUT2D eigenvalue weighted by atomic mass is 32.1. The standard InChI is InChI=1S/C20H26N2S/c1-14(2)12-19(17-8-6-5-7-9-17)22-20(23)21-18-11-10-15(3)13-16(18)4/h5-11,13-14,19H,12H2,1-4H3,(H2,21,22,23)/t19-/m0/s1. The van der Waals surface area contributed by atoms with E-state index >= 15 is 0 Å². The van der Waals surface area contributed by atoms with E-state index < -0.39 is 0 Å². The van der Waals surface area contributed by atoms with Crippen LogP contribution >= 0.6 is 12.2 Å². The van der Waals surface area contributed by atoms with E-state index in [1.165, 1.54) is 16.7 Å². The molecule has 122 valence electrons. The summed E-state index contributed by atoms with van der Waals surface area (Å²) in [7, 11) is 0. The van der Waals surface area contributed by atoms with Gasteiger partial charge in [-0.1, -0.05) is 61.9 Å². The van der Waals surface area contributed by atoms with Gasteiger partial charge in [0.25, 0.3) is 0 Å². The van der Waals surface area contributed by atoms with E-state index in [1.807, 2.05) is 6.07 Å². The van der Waals surface area contributed by atoms with Gasteiger partial charge in [-0.05, 0) is 55.6 Å². The van der Waals surface area contributed by atoms with Gasteiger partial charge in [0.1, 0.15) is 0 Å². The molecule has 0 aliphatic heterocycles. The zero-order chi connectivity index (χ0) is 16.8. The number of rotatable bonds is 5. The van der Waals surface area contributed by atoms with E-state index in [0.29, 0.717) is 11.0 Å². The third kappa shape index (κ3) is 5.36. The second-order valence-electron chi connectivity index (χ2n) is 6.51. The monoisotopic (exact) mass is 326 g/mol. The molecule has 2 aromatic carbocycles. The van der Waals surface area contributed by atoms with Gasteiger partial charge in [-0.25, -0.2) is 0 Å². The normalized spacial score (nSPS) is 12.0. The van der Waals surface area contributed by atoms with E-state index in [2.05, 4.69) is 80.8 Å². The zero-order valence-corrected chi connectivity index (χ0v) is 15.2. The maximum Gasteiger partial charge on any atom is 0.171 e. The number of anilines is 1. The molecule has 0 saturated heterocycles. The number of hydrogen-bond donors (Lipinski definition) is 2. The van der Waals surface area contributed by atoms with E-state index in [0.717, 1.165) is 12.1 Å². The van der Waals surface area contributed by atoms with Gasteiger partial charge in [0.05, 0.1) is 6.04 Å². The second-order valence-corrected chi connectivity index (χ2v) is 6.92. The molecule has 2 N–H and O–H groups in total. The Morgan fingerprint density at radius 2 is 1.74 bits per heavy atom. The fourth-order valence-corrected chi connectivity index (χ4v) is 2.96. The highest BCUT2D eigenvalue weighted by Gasteiger charge is 2.14. The maximum absolute atomic E-state index is 5.54. The van der Waals surface area contributed by atoms with Crippen molar-refractivity contribution < 1.29 is 0 Å². The molecule has 0 aromatic heterocycles. The number of aryl methyl sites for hydroxylation is 2. The van der Waals surface area contributed by atoms with Crippen LogP contribution in [0.4, 0.5) is 5.69 Å². The minimum Gasteiger partial charge on any atom is -0.356 e. The van der Waals surface area contributed by atoms with Crippen molar-refractivity contribution in [3.05, 3.63) is 65.2 Å². The van der Waals surface area contributed by atoms with Gasteiger partial charge in [0.2, 0.25) is 0 Å². The maximum atomic E-state index is 5.54. The summed E-state index contributed by atoms with van der Waals surface area (Å²) in [6.07, 6.45) is 1.04. The van der Waals surface area contributed by atoms with Crippen LogP contribution in [-0.2, 0) is 0 Å². The molecule has 0 radical (unpaired) electrons. The van der Waals surface area contributed by atoms with Crippen LogP contribution in [-0.4, -0.2) is 5.11 Å². The van der Waals surface area contributed by atoms with Crippen LogP contribution in [0.1, 0.15) is 43.0 Å². The first-order valence-corrected chi connectivity index (χ1v) is 8.56. The first kappa shape index (κ1) is 17.5. The van der Waals surface area contributed by atoms with Gasteiger partial charge in [0.15, 0.2) is 5.11 Å². The average molecular weight is 327 g/mol. The predicted molar refractivity (Wildman–Crippen MR) is 104 cm³/mol. The van der Waals surface area contributed by atoms with Gasteiger partial charge in [-0.2, -0.15) is 0 Å². The van der Waals surface area contributed by atoms with Crippen LogP contribution in [0.15, 0.2) is 48.5 Å². The number of benzene rings is 2. The van der Waals surface area contributed by atoms with Gasteiger partial charge in [-0.15, -0.1) is 0 Å². The van der Waals surface area contributed by atoms with E-state index in [4.69, 9.17) is 12.2 Å². The van der Waals surface area contributed by atoms with Crippen LogP contribution < -0.4 is 10.6 Å². The summed E-state index contributed by atoms with van der Waals surface area (Å²) in [4.78, 5) is 0. The zero-order valence-electron chi connectivity index (χ0n) is 14.4. The molecule has 0 aliphatic rings. The SMILES string of the molecule is Cc1ccc(NC(=S)N[C@@H](CC(C)C)c2ccccc2)c(C)c1. The minimum atomic E-state index is 0.224. The Hall–Kier alpha value is -1.87. The van der Waals surface area contributed by atoms with Crippen molar-refractivity contribution in [3.63, 3.8) is 0 Å².